The predicted molar refractivity (Wildman–Crippen MR) is 144 cm³/mol. The van der Waals surface area contributed by atoms with Crippen molar-refractivity contribution in [2.75, 3.05) is 25.4 Å². The lowest BCUT2D eigenvalue weighted by Gasteiger charge is -2.19. The lowest BCUT2D eigenvalue weighted by molar-refractivity contribution is 0.289. The van der Waals surface area contributed by atoms with Gasteiger partial charge in [0, 0.05) is 54.8 Å². The molecule has 0 atom stereocenters. The molecule has 1 aliphatic heterocycles. The third-order valence-corrected chi connectivity index (χ3v) is 8.13. The average molecular weight is 499 g/mol. The van der Waals surface area contributed by atoms with Crippen LogP contribution in [0.2, 0.25) is 0 Å². The molecule has 1 aliphatic rings. The van der Waals surface area contributed by atoms with Crippen LogP contribution >= 0.6 is 11.8 Å². The van der Waals surface area contributed by atoms with E-state index in [4.69, 9.17) is 4.52 Å². The topological polar surface area (TPSA) is 75.8 Å². The summed E-state index contributed by atoms with van der Waals surface area (Å²) in [5, 5.41) is 15.3. The Hall–Kier alpha value is -3.36. The van der Waals surface area contributed by atoms with Gasteiger partial charge in [-0.05, 0) is 67.4 Å². The van der Waals surface area contributed by atoms with Gasteiger partial charge in [0.05, 0.1) is 0 Å². The Bertz CT molecular complexity index is 1500. The summed E-state index contributed by atoms with van der Waals surface area (Å²) >= 11 is 1.79. The zero-order chi connectivity index (χ0) is 24.5. The fourth-order valence-corrected chi connectivity index (χ4v) is 5.82. The lowest BCUT2D eigenvalue weighted by atomic mass is 9.99. The predicted octanol–water partition coefficient (Wildman–Crippen LogP) is 5.51. The fraction of sp³-hybridized carbons (Fsp3) is 0.321. The van der Waals surface area contributed by atoms with Crippen LogP contribution in [-0.2, 0) is 19.9 Å². The molecule has 36 heavy (non-hydrogen) atoms. The molecular formula is C28H30N6OS. The molecular weight excluding hydrogens is 468 g/mol. The molecule has 5 aromatic rings. The smallest absolute Gasteiger partial charge is 0.191 e. The Labute approximate surface area is 214 Å². The van der Waals surface area contributed by atoms with Crippen LogP contribution in [-0.4, -0.2) is 55.2 Å². The van der Waals surface area contributed by atoms with Crippen molar-refractivity contribution < 1.29 is 4.52 Å². The van der Waals surface area contributed by atoms with Gasteiger partial charge in [0.1, 0.15) is 11.5 Å². The molecule has 6 rings (SSSR count). The van der Waals surface area contributed by atoms with Crippen LogP contribution in [0.4, 0.5) is 0 Å². The number of benzene rings is 2. The molecule has 0 amide bonds. The standard InChI is InChI=1S/C28H30N6OS/c1-19-16-26(32-35-19)23-6-4-20-9-13-34(14-10-22(20)17-23)12-3-15-36-28-31-30-27(33(28)2)24-7-5-21-8-11-29-25(21)18-24/h4-8,11,16-18,29H,3,9-10,12-15H2,1-2H3. The summed E-state index contributed by atoms with van der Waals surface area (Å²) in [6.07, 6.45) is 5.26. The number of aryl methyl sites for hydroxylation is 1. The van der Waals surface area contributed by atoms with Crippen molar-refractivity contribution in [1.82, 2.24) is 29.8 Å². The van der Waals surface area contributed by atoms with Crippen LogP contribution in [0.3, 0.4) is 0 Å². The summed E-state index contributed by atoms with van der Waals surface area (Å²) in [5.41, 5.74) is 7.16. The molecule has 184 valence electrons. The molecule has 0 radical (unpaired) electrons. The highest BCUT2D eigenvalue weighted by Crippen LogP contribution is 2.27. The highest BCUT2D eigenvalue weighted by molar-refractivity contribution is 7.99. The Morgan fingerprint density at radius 1 is 0.972 bits per heavy atom. The van der Waals surface area contributed by atoms with E-state index in [0.29, 0.717) is 0 Å². The number of nitrogens with zero attached hydrogens (tertiary/aromatic N) is 5. The molecule has 0 aliphatic carbocycles. The minimum atomic E-state index is 0.847. The summed E-state index contributed by atoms with van der Waals surface area (Å²) in [7, 11) is 2.05. The first-order valence-electron chi connectivity index (χ1n) is 12.5. The quantitative estimate of drug-likeness (QED) is 0.236. The minimum Gasteiger partial charge on any atom is -0.361 e. The van der Waals surface area contributed by atoms with E-state index >= 15 is 0 Å². The highest BCUT2D eigenvalue weighted by Gasteiger charge is 2.16. The Kier molecular flexibility index (Phi) is 6.37. The lowest BCUT2D eigenvalue weighted by Crippen LogP contribution is -2.27. The number of nitrogens with one attached hydrogen (secondary N) is 1. The summed E-state index contributed by atoms with van der Waals surface area (Å²) < 4.78 is 7.37. The number of H-pyrrole nitrogens is 1. The summed E-state index contributed by atoms with van der Waals surface area (Å²) in [4.78, 5) is 5.87. The van der Waals surface area contributed by atoms with Crippen molar-refractivity contribution in [1.29, 1.82) is 0 Å². The first kappa shape index (κ1) is 23.1. The number of thioether (sulfide) groups is 1. The largest absolute Gasteiger partial charge is 0.361 e. The van der Waals surface area contributed by atoms with E-state index in [9.17, 15) is 0 Å². The number of aromatic nitrogens is 5. The number of fused-ring (bicyclic) bond motifs is 2. The molecule has 0 unspecified atom stereocenters. The average Bonchev–Trinajstić information content (AvgIpc) is 3.59. The second kappa shape index (κ2) is 9.95. The molecule has 8 heteroatoms. The molecule has 0 saturated heterocycles. The van der Waals surface area contributed by atoms with Crippen molar-refractivity contribution in [2.24, 2.45) is 7.05 Å². The number of hydrogen-bond acceptors (Lipinski definition) is 6. The highest BCUT2D eigenvalue weighted by atomic mass is 32.2. The molecule has 0 bridgehead atoms. The molecule has 0 saturated carbocycles. The van der Waals surface area contributed by atoms with Crippen LogP contribution in [0.25, 0.3) is 33.5 Å². The van der Waals surface area contributed by atoms with Crippen molar-refractivity contribution in [3.63, 3.8) is 0 Å². The van der Waals surface area contributed by atoms with Gasteiger partial charge < -0.3 is 19.0 Å². The van der Waals surface area contributed by atoms with Crippen molar-refractivity contribution in [3.8, 4) is 22.6 Å². The molecule has 2 aromatic carbocycles. The van der Waals surface area contributed by atoms with Gasteiger partial charge in [-0.2, -0.15) is 0 Å². The third-order valence-electron chi connectivity index (χ3n) is 7.02. The first-order chi connectivity index (χ1) is 17.6. The van der Waals surface area contributed by atoms with E-state index in [0.717, 1.165) is 83.7 Å². The minimum absolute atomic E-state index is 0.847. The summed E-state index contributed by atoms with van der Waals surface area (Å²) in [6, 6.07) is 17.2. The molecule has 0 fully saturated rings. The van der Waals surface area contributed by atoms with Crippen LogP contribution in [0.15, 0.2) is 64.4 Å². The fourth-order valence-electron chi connectivity index (χ4n) is 4.99. The Morgan fingerprint density at radius 2 is 1.83 bits per heavy atom. The van der Waals surface area contributed by atoms with E-state index in [2.05, 4.69) is 79.3 Å². The van der Waals surface area contributed by atoms with Gasteiger partial charge in [-0.25, -0.2) is 0 Å². The Morgan fingerprint density at radius 3 is 2.69 bits per heavy atom. The van der Waals surface area contributed by atoms with Gasteiger partial charge in [0.25, 0.3) is 0 Å². The van der Waals surface area contributed by atoms with E-state index < -0.39 is 0 Å². The molecule has 1 N–H and O–H groups in total. The van der Waals surface area contributed by atoms with Gasteiger partial charge in [-0.3, -0.25) is 0 Å². The summed E-state index contributed by atoms with van der Waals surface area (Å²) in [6.45, 7) is 5.23. The zero-order valence-electron chi connectivity index (χ0n) is 20.7. The summed E-state index contributed by atoms with van der Waals surface area (Å²) in [5.74, 6) is 2.78. The second-order valence-corrected chi connectivity index (χ2v) is 10.6. The van der Waals surface area contributed by atoms with Crippen LogP contribution in [0.5, 0.6) is 0 Å². The molecule has 4 heterocycles. The maximum atomic E-state index is 5.26. The van der Waals surface area contributed by atoms with Crippen molar-refractivity contribution >= 4 is 22.7 Å². The van der Waals surface area contributed by atoms with E-state index in [1.165, 1.54) is 16.5 Å². The van der Waals surface area contributed by atoms with Gasteiger partial charge >= 0.3 is 0 Å². The van der Waals surface area contributed by atoms with Gasteiger partial charge in [-0.1, -0.05) is 41.2 Å². The third kappa shape index (κ3) is 4.70. The normalized spacial score (nSPS) is 14.3. The zero-order valence-corrected chi connectivity index (χ0v) is 21.5. The Balaban J connectivity index is 1.02. The maximum Gasteiger partial charge on any atom is 0.191 e. The molecule has 3 aromatic heterocycles. The first-order valence-corrected chi connectivity index (χ1v) is 13.5. The second-order valence-electron chi connectivity index (χ2n) is 9.49. The molecule has 7 nitrogen and oxygen atoms in total. The van der Waals surface area contributed by atoms with Crippen LogP contribution in [0.1, 0.15) is 23.3 Å². The van der Waals surface area contributed by atoms with Crippen LogP contribution < -0.4 is 0 Å². The number of rotatable bonds is 7. The number of aromatic amines is 1. The monoisotopic (exact) mass is 498 g/mol. The molecule has 0 spiro atoms. The number of hydrogen-bond donors (Lipinski definition) is 1. The van der Waals surface area contributed by atoms with Crippen molar-refractivity contribution in [2.45, 2.75) is 31.3 Å². The SMILES string of the molecule is Cc1cc(-c2ccc3c(c2)CCN(CCCSc2nnc(-c4ccc5cc[nH]c5c4)n2C)CC3)no1. The van der Waals surface area contributed by atoms with Gasteiger partial charge in [-0.15, -0.1) is 10.2 Å². The van der Waals surface area contributed by atoms with Gasteiger partial charge in [0.15, 0.2) is 11.0 Å². The van der Waals surface area contributed by atoms with E-state index in [1.807, 2.05) is 19.2 Å². The van der Waals surface area contributed by atoms with E-state index in [-0.39, 0.29) is 0 Å². The maximum absolute atomic E-state index is 5.26. The van der Waals surface area contributed by atoms with Gasteiger partial charge in [0.2, 0.25) is 0 Å². The van der Waals surface area contributed by atoms with E-state index in [1.54, 1.807) is 11.8 Å². The van der Waals surface area contributed by atoms with Crippen LogP contribution in [0, 0.1) is 6.92 Å². The van der Waals surface area contributed by atoms with Crippen molar-refractivity contribution in [3.05, 3.63) is 71.6 Å².